The van der Waals surface area contributed by atoms with E-state index >= 15 is 0 Å². The number of ether oxygens (including phenoxy) is 2. The molecular weight excluding hydrogens is 350 g/mol. The van der Waals surface area contributed by atoms with Gasteiger partial charge in [0.05, 0.1) is 13.7 Å². The fourth-order valence-corrected chi connectivity index (χ4v) is 3.81. The van der Waals surface area contributed by atoms with E-state index in [1.165, 1.54) is 22.1 Å². The van der Waals surface area contributed by atoms with Crippen molar-refractivity contribution in [2.24, 2.45) is 0 Å². The second kappa shape index (κ2) is 8.51. The van der Waals surface area contributed by atoms with E-state index in [1.807, 2.05) is 19.1 Å². The van der Waals surface area contributed by atoms with Gasteiger partial charge in [0, 0.05) is 16.6 Å². The van der Waals surface area contributed by atoms with Crippen molar-refractivity contribution in [3.63, 3.8) is 0 Å². The SMILES string of the molecule is CCOC(=O)Cn1c(C)c(Cc2ccc(OC)c(C(C)C)c2)c2ccccc21. The molecule has 0 atom stereocenters. The lowest BCUT2D eigenvalue weighted by Gasteiger charge is -2.14. The van der Waals surface area contributed by atoms with E-state index < -0.39 is 0 Å². The molecule has 4 heteroatoms. The van der Waals surface area contributed by atoms with E-state index in [4.69, 9.17) is 9.47 Å². The Bertz CT molecular complexity index is 985. The van der Waals surface area contributed by atoms with Gasteiger partial charge in [-0.25, -0.2) is 0 Å². The summed E-state index contributed by atoms with van der Waals surface area (Å²) in [4.78, 5) is 12.1. The number of benzene rings is 2. The molecule has 0 amide bonds. The van der Waals surface area contributed by atoms with Crippen LogP contribution in [0.25, 0.3) is 10.9 Å². The lowest BCUT2D eigenvalue weighted by Crippen LogP contribution is -2.14. The summed E-state index contributed by atoms with van der Waals surface area (Å²) in [6.07, 6.45) is 0.811. The fourth-order valence-electron chi connectivity index (χ4n) is 3.81. The zero-order chi connectivity index (χ0) is 20.3. The molecule has 0 N–H and O–H groups in total. The molecule has 1 heterocycles. The zero-order valence-corrected chi connectivity index (χ0v) is 17.4. The molecule has 3 aromatic rings. The number of carbonyl (C=O) groups excluding carboxylic acids is 1. The molecule has 148 valence electrons. The molecule has 0 aliphatic carbocycles. The molecule has 0 aliphatic rings. The highest BCUT2D eigenvalue weighted by Crippen LogP contribution is 2.31. The molecule has 2 aromatic carbocycles. The van der Waals surface area contributed by atoms with Crippen molar-refractivity contribution >= 4 is 16.9 Å². The maximum absolute atomic E-state index is 12.1. The molecule has 0 radical (unpaired) electrons. The summed E-state index contributed by atoms with van der Waals surface area (Å²) in [5.74, 6) is 1.12. The average Bonchev–Trinajstić information content (AvgIpc) is 2.94. The largest absolute Gasteiger partial charge is 0.496 e. The lowest BCUT2D eigenvalue weighted by atomic mass is 9.95. The van der Waals surface area contributed by atoms with Crippen molar-refractivity contribution in [2.75, 3.05) is 13.7 Å². The molecule has 0 saturated heterocycles. The highest BCUT2D eigenvalue weighted by Gasteiger charge is 2.17. The first-order valence-corrected chi connectivity index (χ1v) is 9.85. The maximum Gasteiger partial charge on any atom is 0.325 e. The van der Waals surface area contributed by atoms with Gasteiger partial charge < -0.3 is 14.0 Å². The highest BCUT2D eigenvalue weighted by atomic mass is 16.5. The first-order chi connectivity index (χ1) is 13.5. The summed E-state index contributed by atoms with van der Waals surface area (Å²) in [6.45, 7) is 8.91. The van der Waals surface area contributed by atoms with Crippen molar-refractivity contribution in [1.82, 2.24) is 4.57 Å². The van der Waals surface area contributed by atoms with Crippen LogP contribution in [0.2, 0.25) is 0 Å². The van der Waals surface area contributed by atoms with Gasteiger partial charge in [-0.05, 0) is 55.0 Å². The molecule has 0 fully saturated rings. The van der Waals surface area contributed by atoms with Crippen molar-refractivity contribution in [3.8, 4) is 5.75 Å². The Kier molecular flexibility index (Phi) is 6.08. The van der Waals surface area contributed by atoms with Crippen molar-refractivity contribution in [3.05, 3.63) is 64.8 Å². The third-order valence-electron chi connectivity index (χ3n) is 5.25. The number of nitrogens with zero attached hydrogens (tertiary/aromatic N) is 1. The molecule has 0 bridgehead atoms. The zero-order valence-electron chi connectivity index (χ0n) is 17.4. The van der Waals surface area contributed by atoms with Crippen LogP contribution in [0, 0.1) is 6.92 Å². The molecule has 0 saturated carbocycles. The van der Waals surface area contributed by atoms with Gasteiger partial charge >= 0.3 is 5.97 Å². The quantitative estimate of drug-likeness (QED) is 0.527. The van der Waals surface area contributed by atoms with Gasteiger partial charge in [0.1, 0.15) is 12.3 Å². The number of aromatic nitrogens is 1. The van der Waals surface area contributed by atoms with Gasteiger partial charge in [0.25, 0.3) is 0 Å². The van der Waals surface area contributed by atoms with E-state index in [0.29, 0.717) is 12.5 Å². The lowest BCUT2D eigenvalue weighted by molar-refractivity contribution is -0.143. The van der Waals surface area contributed by atoms with Crippen LogP contribution in [0.4, 0.5) is 0 Å². The summed E-state index contributed by atoms with van der Waals surface area (Å²) in [6, 6.07) is 14.7. The predicted octanol–water partition coefficient (Wildman–Crippen LogP) is 5.24. The van der Waals surface area contributed by atoms with Crippen LogP contribution < -0.4 is 4.74 Å². The minimum absolute atomic E-state index is 0.204. The van der Waals surface area contributed by atoms with Crippen LogP contribution in [0.5, 0.6) is 5.75 Å². The Balaban J connectivity index is 2.03. The van der Waals surface area contributed by atoms with Crippen LogP contribution in [0.3, 0.4) is 0 Å². The first kappa shape index (κ1) is 20.0. The van der Waals surface area contributed by atoms with E-state index in [2.05, 4.69) is 55.7 Å². The van der Waals surface area contributed by atoms with Crippen LogP contribution in [0.1, 0.15) is 49.1 Å². The summed E-state index contributed by atoms with van der Waals surface area (Å²) in [5, 5.41) is 1.19. The average molecular weight is 380 g/mol. The minimum atomic E-state index is -0.204. The van der Waals surface area contributed by atoms with E-state index in [0.717, 1.165) is 23.4 Å². The van der Waals surface area contributed by atoms with Crippen molar-refractivity contribution in [1.29, 1.82) is 0 Å². The van der Waals surface area contributed by atoms with Crippen LogP contribution >= 0.6 is 0 Å². The standard InChI is InChI=1S/C24H29NO3/c1-6-28-24(26)15-25-17(4)21(19-9-7-8-10-22(19)25)14-18-11-12-23(27-5)20(13-18)16(2)3/h7-13,16H,6,14-15H2,1-5H3. The van der Waals surface area contributed by atoms with Crippen molar-refractivity contribution in [2.45, 2.75) is 46.6 Å². The van der Waals surface area contributed by atoms with Gasteiger partial charge in [0.2, 0.25) is 0 Å². The number of hydrogen-bond acceptors (Lipinski definition) is 3. The molecule has 28 heavy (non-hydrogen) atoms. The third-order valence-corrected chi connectivity index (χ3v) is 5.25. The van der Waals surface area contributed by atoms with Crippen LogP contribution in [0.15, 0.2) is 42.5 Å². The smallest absolute Gasteiger partial charge is 0.325 e. The predicted molar refractivity (Wildman–Crippen MR) is 113 cm³/mol. The number of methoxy groups -OCH3 is 1. The van der Waals surface area contributed by atoms with Gasteiger partial charge in [-0.1, -0.05) is 44.2 Å². The third kappa shape index (κ3) is 3.91. The minimum Gasteiger partial charge on any atom is -0.496 e. The molecule has 0 aliphatic heterocycles. The van der Waals surface area contributed by atoms with Gasteiger partial charge in [-0.15, -0.1) is 0 Å². The van der Waals surface area contributed by atoms with Crippen LogP contribution in [-0.4, -0.2) is 24.3 Å². The van der Waals surface area contributed by atoms with E-state index in [-0.39, 0.29) is 12.5 Å². The van der Waals surface area contributed by atoms with E-state index in [1.54, 1.807) is 7.11 Å². The first-order valence-electron chi connectivity index (χ1n) is 9.85. The second-order valence-corrected chi connectivity index (χ2v) is 7.38. The fraction of sp³-hybridized carbons (Fsp3) is 0.375. The van der Waals surface area contributed by atoms with E-state index in [9.17, 15) is 4.79 Å². The molecule has 0 spiro atoms. The number of carbonyl (C=O) groups is 1. The number of rotatable bonds is 7. The molecule has 4 nitrogen and oxygen atoms in total. The monoisotopic (exact) mass is 379 g/mol. The maximum atomic E-state index is 12.1. The normalized spacial score (nSPS) is 11.2. The molecular formula is C24H29NO3. The number of fused-ring (bicyclic) bond motifs is 1. The Hall–Kier alpha value is -2.75. The van der Waals surface area contributed by atoms with Gasteiger partial charge in [-0.2, -0.15) is 0 Å². The second-order valence-electron chi connectivity index (χ2n) is 7.38. The Morgan fingerprint density at radius 2 is 1.89 bits per heavy atom. The molecule has 1 aromatic heterocycles. The molecule has 3 rings (SSSR count). The van der Waals surface area contributed by atoms with Crippen molar-refractivity contribution < 1.29 is 14.3 Å². The Labute approximate surface area is 167 Å². The number of para-hydroxylation sites is 1. The van der Waals surface area contributed by atoms with Gasteiger partial charge in [0.15, 0.2) is 0 Å². The Morgan fingerprint density at radius 3 is 2.57 bits per heavy atom. The molecule has 0 unspecified atom stereocenters. The summed E-state index contributed by atoms with van der Waals surface area (Å²) in [7, 11) is 1.72. The van der Waals surface area contributed by atoms with Crippen LogP contribution in [-0.2, 0) is 22.5 Å². The number of esters is 1. The van der Waals surface area contributed by atoms with Gasteiger partial charge in [-0.3, -0.25) is 4.79 Å². The summed E-state index contributed by atoms with van der Waals surface area (Å²) >= 11 is 0. The number of hydrogen-bond donors (Lipinski definition) is 0. The topological polar surface area (TPSA) is 40.5 Å². The summed E-state index contributed by atoms with van der Waals surface area (Å²) in [5.41, 5.74) is 5.89. The highest BCUT2D eigenvalue weighted by molar-refractivity contribution is 5.87. The summed E-state index contributed by atoms with van der Waals surface area (Å²) < 4.78 is 12.8. The Morgan fingerprint density at radius 1 is 1.14 bits per heavy atom.